The molecule has 0 saturated heterocycles. The van der Waals surface area contributed by atoms with Crippen LogP contribution in [0.3, 0.4) is 0 Å². The first-order chi connectivity index (χ1) is 5.74. The average molecular weight is 250 g/mol. The van der Waals surface area contributed by atoms with E-state index in [2.05, 4.69) is 20.9 Å². The first-order valence-corrected chi connectivity index (χ1v) is 4.92. The van der Waals surface area contributed by atoms with Gasteiger partial charge in [-0.2, -0.15) is 0 Å². The Balaban J connectivity index is 2.69. The van der Waals surface area contributed by atoms with E-state index in [9.17, 15) is 0 Å². The molecule has 2 N–H and O–H groups in total. The molecule has 1 aromatic heterocycles. The van der Waals surface area contributed by atoms with Gasteiger partial charge in [0, 0.05) is 5.69 Å². The minimum Gasteiger partial charge on any atom is -0.330 e. The van der Waals surface area contributed by atoms with E-state index in [0.29, 0.717) is 11.7 Å². The highest BCUT2D eigenvalue weighted by Crippen LogP contribution is 2.19. The molecule has 0 aromatic carbocycles. The summed E-state index contributed by atoms with van der Waals surface area (Å²) < 4.78 is 0.834. The largest absolute Gasteiger partial charge is 0.330 e. The van der Waals surface area contributed by atoms with Crippen molar-refractivity contribution in [1.82, 2.24) is 4.98 Å². The molecule has 66 valence electrons. The maximum Gasteiger partial charge on any atom is 0.143 e. The zero-order chi connectivity index (χ0) is 8.97. The van der Waals surface area contributed by atoms with E-state index in [1.54, 1.807) is 0 Å². The summed E-state index contributed by atoms with van der Waals surface area (Å²) in [4.78, 5) is 4.17. The van der Waals surface area contributed by atoms with E-state index < -0.39 is 0 Å². The summed E-state index contributed by atoms with van der Waals surface area (Å²) in [6, 6.07) is 3.85. The van der Waals surface area contributed by atoms with Gasteiger partial charge in [0.25, 0.3) is 0 Å². The molecular formula is C8H10BrClN2. The first-order valence-electron chi connectivity index (χ1n) is 3.75. The predicted octanol–water partition coefficient (Wildman–Crippen LogP) is 2.39. The van der Waals surface area contributed by atoms with E-state index in [1.807, 2.05) is 12.1 Å². The van der Waals surface area contributed by atoms with Crippen molar-refractivity contribution < 1.29 is 0 Å². The SMILES string of the molecule is NCCCc1ccc(Br)c(Cl)n1. The Hall–Kier alpha value is -0.120. The minimum absolute atomic E-state index is 0.518. The summed E-state index contributed by atoms with van der Waals surface area (Å²) in [6.07, 6.45) is 1.84. The van der Waals surface area contributed by atoms with Gasteiger partial charge < -0.3 is 5.73 Å². The van der Waals surface area contributed by atoms with Crippen LogP contribution in [0.2, 0.25) is 5.15 Å². The number of nitrogens with two attached hydrogens (primary N) is 1. The lowest BCUT2D eigenvalue weighted by atomic mass is 10.2. The number of hydrogen-bond acceptors (Lipinski definition) is 2. The van der Waals surface area contributed by atoms with Crippen LogP contribution in [0.15, 0.2) is 16.6 Å². The van der Waals surface area contributed by atoms with Crippen molar-refractivity contribution in [3.8, 4) is 0 Å². The van der Waals surface area contributed by atoms with Gasteiger partial charge in [-0.25, -0.2) is 4.98 Å². The van der Waals surface area contributed by atoms with E-state index in [4.69, 9.17) is 17.3 Å². The Bertz CT molecular complexity index is 265. The van der Waals surface area contributed by atoms with Gasteiger partial charge in [-0.1, -0.05) is 11.6 Å². The second kappa shape index (κ2) is 4.80. The van der Waals surface area contributed by atoms with Crippen LogP contribution in [0.1, 0.15) is 12.1 Å². The fraction of sp³-hybridized carbons (Fsp3) is 0.375. The molecule has 0 radical (unpaired) electrons. The van der Waals surface area contributed by atoms with Crippen molar-refractivity contribution >= 4 is 27.5 Å². The molecule has 1 heterocycles. The van der Waals surface area contributed by atoms with Gasteiger partial charge in [0.15, 0.2) is 0 Å². The zero-order valence-corrected chi connectivity index (χ0v) is 8.90. The second-order valence-electron chi connectivity index (χ2n) is 2.47. The third kappa shape index (κ3) is 2.73. The highest BCUT2D eigenvalue weighted by Gasteiger charge is 1.99. The van der Waals surface area contributed by atoms with Gasteiger partial charge in [-0.3, -0.25) is 0 Å². The second-order valence-corrected chi connectivity index (χ2v) is 3.68. The summed E-state index contributed by atoms with van der Waals surface area (Å²) in [7, 11) is 0. The van der Waals surface area contributed by atoms with Crippen LogP contribution in [0.5, 0.6) is 0 Å². The number of hydrogen-bond donors (Lipinski definition) is 1. The summed E-state index contributed by atoms with van der Waals surface area (Å²) in [5.74, 6) is 0. The van der Waals surface area contributed by atoms with Crippen molar-refractivity contribution in [2.75, 3.05) is 6.54 Å². The first kappa shape index (κ1) is 9.96. The van der Waals surface area contributed by atoms with Crippen molar-refractivity contribution in [2.45, 2.75) is 12.8 Å². The number of nitrogens with zero attached hydrogens (tertiary/aromatic N) is 1. The van der Waals surface area contributed by atoms with Gasteiger partial charge in [0.05, 0.1) is 4.47 Å². The van der Waals surface area contributed by atoms with Crippen LogP contribution in [-0.2, 0) is 6.42 Å². The smallest absolute Gasteiger partial charge is 0.143 e. The van der Waals surface area contributed by atoms with Crippen LogP contribution < -0.4 is 5.73 Å². The number of rotatable bonds is 3. The molecule has 0 amide bonds. The molecule has 1 rings (SSSR count). The third-order valence-corrected chi connectivity index (χ3v) is 2.65. The fourth-order valence-corrected chi connectivity index (χ4v) is 1.27. The summed E-state index contributed by atoms with van der Waals surface area (Å²) in [6.45, 7) is 0.690. The normalized spacial score (nSPS) is 10.2. The van der Waals surface area contributed by atoms with Crippen LogP contribution >= 0.6 is 27.5 Å². The molecule has 0 saturated carbocycles. The molecule has 1 aromatic rings. The summed E-state index contributed by atoms with van der Waals surface area (Å²) in [5.41, 5.74) is 6.37. The fourth-order valence-electron chi connectivity index (χ4n) is 0.877. The molecule has 0 unspecified atom stereocenters. The number of halogens is 2. The van der Waals surface area contributed by atoms with Crippen molar-refractivity contribution in [3.63, 3.8) is 0 Å². The van der Waals surface area contributed by atoms with E-state index in [-0.39, 0.29) is 0 Å². The van der Waals surface area contributed by atoms with Crippen LogP contribution in [-0.4, -0.2) is 11.5 Å². The molecule has 0 aliphatic carbocycles. The maximum atomic E-state index is 5.80. The van der Waals surface area contributed by atoms with Gasteiger partial charge >= 0.3 is 0 Å². The third-order valence-electron chi connectivity index (χ3n) is 1.50. The predicted molar refractivity (Wildman–Crippen MR) is 54.3 cm³/mol. The lowest BCUT2D eigenvalue weighted by molar-refractivity contribution is 0.810. The Morgan fingerprint density at radius 1 is 1.50 bits per heavy atom. The van der Waals surface area contributed by atoms with Crippen molar-refractivity contribution in [1.29, 1.82) is 0 Å². The highest BCUT2D eigenvalue weighted by molar-refractivity contribution is 9.10. The van der Waals surface area contributed by atoms with Gasteiger partial charge in [-0.15, -0.1) is 0 Å². The number of aromatic nitrogens is 1. The molecular weight excluding hydrogens is 239 g/mol. The maximum absolute atomic E-state index is 5.80. The molecule has 0 spiro atoms. The molecule has 0 bridgehead atoms. The molecule has 12 heavy (non-hydrogen) atoms. The quantitative estimate of drug-likeness (QED) is 0.836. The molecule has 0 fully saturated rings. The molecule has 4 heteroatoms. The van der Waals surface area contributed by atoms with E-state index in [0.717, 1.165) is 23.0 Å². The van der Waals surface area contributed by atoms with Gasteiger partial charge in [0.1, 0.15) is 5.15 Å². The molecule has 0 atom stereocenters. The lowest BCUT2D eigenvalue weighted by Crippen LogP contribution is -2.01. The monoisotopic (exact) mass is 248 g/mol. The summed E-state index contributed by atoms with van der Waals surface area (Å²) >= 11 is 9.08. The highest BCUT2D eigenvalue weighted by atomic mass is 79.9. The van der Waals surface area contributed by atoms with Gasteiger partial charge in [0.2, 0.25) is 0 Å². The van der Waals surface area contributed by atoms with Crippen LogP contribution in [0.25, 0.3) is 0 Å². The average Bonchev–Trinajstić information content (AvgIpc) is 2.07. The molecule has 0 aliphatic rings. The Morgan fingerprint density at radius 2 is 2.25 bits per heavy atom. The number of aryl methyl sites for hydroxylation is 1. The van der Waals surface area contributed by atoms with Crippen LogP contribution in [0, 0.1) is 0 Å². The van der Waals surface area contributed by atoms with E-state index >= 15 is 0 Å². The zero-order valence-electron chi connectivity index (χ0n) is 6.56. The van der Waals surface area contributed by atoms with Gasteiger partial charge in [-0.05, 0) is 47.4 Å². The molecule has 0 aliphatic heterocycles. The Labute approximate surface area is 85.3 Å². The Morgan fingerprint density at radius 3 is 2.83 bits per heavy atom. The number of pyridine rings is 1. The van der Waals surface area contributed by atoms with E-state index in [1.165, 1.54) is 0 Å². The Kier molecular flexibility index (Phi) is 3.98. The van der Waals surface area contributed by atoms with Crippen molar-refractivity contribution in [2.24, 2.45) is 5.73 Å². The standard InChI is InChI=1S/C8H10BrClN2/c9-7-4-3-6(2-1-5-11)12-8(7)10/h3-4H,1-2,5,11H2. The topological polar surface area (TPSA) is 38.9 Å². The van der Waals surface area contributed by atoms with Crippen molar-refractivity contribution in [3.05, 3.63) is 27.5 Å². The molecule has 2 nitrogen and oxygen atoms in total. The van der Waals surface area contributed by atoms with Crippen LogP contribution in [0.4, 0.5) is 0 Å². The summed E-state index contributed by atoms with van der Waals surface area (Å²) in [5, 5.41) is 0.518. The minimum atomic E-state index is 0.518. The lowest BCUT2D eigenvalue weighted by Gasteiger charge is -2.00.